The number of rotatable bonds is 6. The van der Waals surface area contributed by atoms with Crippen molar-refractivity contribution in [1.82, 2.24) is 5.32 Å². The summed E-state index contributed by atoms with van der Waals surface area (Å²) in [7, 11) is 0. The number of carboxylic acids is 1. The van der Waals surface area contributed by atoms with Crippen molar-refractivity contribution in [1.29, 1.82) is 0 Å². The summed E-state index contributed by atoms with van der Waals surface area (Å²) in [6.07, 6.45) is -0.0770. The van der Waals surface area contributed by atoms with E-state index in [1.54, 1.807) is 24.3 Å². The molecule has 1 aliphatic carbocycles. The molecule has 0 bridgehead atoms. The van der Waals surface area contributed by atoms with Gasteiger partial charge in [-0.15, -0.1) is 0 Å². The lowest BCUT2D eigenvalue weighted by Crippen LogP contribution is -2.28. The second-order valence-electron chi connectivity index (χ2n) is 6.96. The maximum atomic E-state index is 12.2. The van der Waals surface area contributed by atoms with E-state index in [1.165, 1.54) is 11.1 Å². The number of alkyl carbamates (subject to hydrolysis) is 1. The van der Waals surface area contributed by atoms with E-state index in [9.17, 15) is 14.7 Å². The van der Waals surface area contributed by atoms with Crippen molar-refractivity contribution in [3.63, 3.8) is 0 Å². The number of hydrogen-bond donors (Lipinski definition) is 2. The molecule has 4 rings (SSSR count). The number of hydrogen-bond acceptors (Lipinski definition) is 3. The van der Waals surface area contributed by atoms with Gasteiger partial charge in [0, 0.05) is 12.5 Å². The van der Waals surface area contributed by atoms with Crippen LogP contribution in [-0.2, 0) is 11.2 Å². The molecule has 0 unspecified atom stereocenters. The Hall–Kier alpha value is -3.60. The number of carbonyl (C=O) groups is 2. The fourth-order valence-corrected chi connectivity index (χ4v) is 3.90. The Morgan fingerprint density at radius 2 is 1.45 bits per heavy atom. The molecule has 146 valence electrons. The van der Waals surface area contributed by atoms with Crippen LogP contribution in [0.25, 0.3) is 11.1 Å². The van der Waals surface area contributed by atoms with Crippen LogP contribution in [-0.4, -0.2) is 30.3 Å². The summed E-state index contributed by atoms with van der Waals surface area (Å²) < 4.78 is 5.49. The maximum Gasteiger partial charge on any atom is 0.407 e. The number of benzene rings is 3. The molecule has 3 aromatic rings. The van der Waals surface area contributed by atoms with E-state index in [4.69, 9.17) is 4.74 Å². The van der Waals surface area contributed by atoms with Gasteiger partial charge < -0.3 is 15.2 Å². The number of amides is 1. The minimum atomic E-state index is -0.971. The summed E-state index contributed by atoms with van der Waals surface area (Å²) in [4.78, 5) is 23.4. The van der Waals surface area contributed by atoms with Gasteiger partial charge in [-0.25, -0.2) is 9.59 Å². The Kier molecular flexibility index (Phi) is 5.29. The number of carbonyl (C=O) groups excluding carboxylic acids is 1. The molecular formula is C24H21NO4. The lowest BCUT2D eigenvalue weighted by atomic mass is 9.98. The number of aromatic carboxylic acids is 1. The fourth-order valence-electron chi connectivity index (χ4n) is 3.90. The predicted molar refractivity (Wildman–Crippen MR) is 110 cm³/mol. The van der Waals surface area contributed by atoms with Crippen LogP contribution in [0.3, 0.4) is 0 Å². The summed E-state index contributed by atoms with van der Waals surface area (Å²) in [6, 6.07) is 23.1. The predicted octanol–water partition coefficient (Wildman–Crippen LogP) is 4.47. The van der Waals surface area contributed by atoms with Crippen LogP contribution in [0.2, 0.25) is 0 Å². The van der Waals surface area contributed by atoms with Crippen molar-refractivity contribution in [2.24, 2.45) is 0 Å². The van der Waals surface area contributed by atoms with Gasteiger partial charge in [-0.3, -0.25) is 0 Å². The second kappa shape index (κ2) is 8.19. The number of ether oxygens (including phenoxy) is 1. The Balaban J connectivity index is 1.36. The summed E-state index contributed by atoms with van der Waals surface area (Å²) in [6.45, 7) is 0.562. The monoisotopic (exact) mass is 387 g/mol. The van der Waals surface area contributed by atoms with Crippen LogP contribution in [0, 0.1) is 0 Å². The topological polar surface area (TPSA) is 75.6 Å². The quantitative estimate of drug-likeness (QED) is 0.655. The van der Waals surface area contributed by atoms with Crippen LogP contribution in [0.15, 0.2) is 72.8 Å². The molecule has 0 heterocycles. The minimum absolute atomic E-state index is 0.0147. The molecule has 29 heavy (non-hydrogen) atoms. The van der Waals surface area contributed by atoms with Gasteiger partial charge in [-0.05, 0) is 40.3 Å². The van der Waals surface area contributed by atoms with Crippen molar-refractivity contribution in [3.8, 4) is 11.1 Å². The molecule has 0 saturated carbocycles. The largest absolute Gasteiger partial charge is 0.478 e. The molecule has 0 aromatic heterocycles. The molecule has 1 aliphatic rings. The molecule has 0 spiro atoms. The minimum Gasteiger partial charge on any atom is -0.478 e. The first-order chi connectivity index (χ1) is 14.1. The van der Waals surface area contributed by atoms with Crippen molar-refractivity contribution < 1.29 is 19.4 Å². The molecule has 5 heteroatoms. The summed E-state index contributed by atoms with van der Waals surface area (Å²) in [5.74, 6) is -0.956. The smallest absolute Gasteiger partial charge is 0.407 e. The average Bonchev–Trinajstić information content (AvgIpc) is 3.06. The molecule has 0 saturated heterocycles. The zero-order valence-electron chi connectivity index (χ0n) is 15.8. The molecule has 0 atom stereocenters. The van der Waals surface area contributed by atoms with Crippen LogP contribution >= 0.6 is 0 Å². The van der Waals surface area contributed by atoms with E-state index < -0.39 is 12.1 Å². The third kappa shape index (κ3) is 3.85. The van der Waals surface area contributed by atoms with Crippen molar-refractivity contribution in [2.75, 3.05) is 13.2 Å². The lowest BCUT2D eigenvalue weighted by Gasteiger charge is -2.14. The van der Waals surface area contributed by atoms with E-state index in [0.29, 0.717) is 18.5 Å². The van der Waals surface area contributed by atoms with Crippen molar-refractivity contribution >= 4 is 12.1 Å². The maximum absolute atomic E-state index is 12.2. The SMILES string of the molecule is O=C(NCCc1ccccc1C(=O)O)OCC1c2ccccc2-c2ccccc21. The van der Waals surface area contributed by atoms with Gasteiger partial charge in [0.25, 0.3) is 0 Å². The fraction of sp³-hybridized carbons (Fsp3) is 0.167. The first kappa shape index (κ1) is 18.7. The van der Waals surface area contributed by atoms with Gasteiger partial charge in [0.2, 0.25) is 0 Å². The van der Waals surface area contributed by atoms with E-state index in [1.807, 2.05) is 24.3 Å². The zero-order chi connectivity index (χ0) is 20.2. The summed E-state index contributed by atoms with van der Waals surface area (Å²) in [5.41, 5.74) is 5.62. The Labute approximate surface area is 169 Å². The normalized spacial score (nSPS) is 12.1. The van der Waals surface area contributed by atoms with Gasteiger partial charge in [-0.1, -0.05) is 66.7 Å². The number of carboxylic acid groups (broad SMARTS) is 1. The highest BCUT2D eigenvalue weighted by atomic mass is 16.5. The van der Waals surface area contributed by atoms with Crippen molar-refractivity contribution in [2.45, 2.75) is 12.3 Å². The van der Waals surface area contributed by atoms with E-state index >= 15 is 0 Å². The molecule has 0 radical (unpaired) electrons. The molecule has 0 aliphatic heterocycles. The molecule has 1 amide bonds. The zero-order valence-corrected chi connectivity index (χ0v) is 15.8. The lowest BCUT2D eigenvalue weighted by molar-refractivity contribution is 0.0695. The second-order valence-corrected chi connectivity index (χ2v) is 6.96. The molecular weight excluding hydrogens is 366 g/mol. The number of nitrogens with one attached hydrogen (secondary N) is 1. The third-order valence-electron chi connectivity index (χ3n) is 5.26. The number of fused-ring (bicyclic) bond motifs is 3. The van der Waals surface area contributed by atoms with Gasteiger partial charge in [0.1, 0.15) is 6.61 Å². The summed E-state index contributed by atoms with van der Waals surface area (Å²) in [5, 5.41) is 11.9. The van der Waals surface area contributed by atoms with Gasteiger partial charge in [0.15, 0.2) is 0 Å². The van der Waals surface area contributed by atoms with E-state index in [0.717, 1.165) is 11.1 Å². The van der Waals surface area contributed by atoms with Crippen LogP contribution in [0.4, 0.5) is 4.79 Å². The highest BCUT2D eigenvalue weighted by Crippen LogP contribution is 2.44. The highest BCUT2D eigenvalue weighted by Gasteiger charge is 2.28. The first-order valence-corrected chi connectivity index (χ1v) is 9.55. The Bertz CT molecular complexity index is 1010. The van der Waals surface area contributed by atoms with Crippen LogP contribution in [0.5, 0.6) is 0 Å². The third-order valence-corrected chi connectivity index (χ3v) is 5.26. The Morgan fingerprint density at radius 3 is 2.10 bits per heavy atom. The molecule has 3 aromatic carbocycles. The van der Waals surface area contributed by atoms with Gasteiger partial charge in [-0.2, -0.15) is 0 Å². The average molecular weight is 387 g/mol. The van der Waals surface area contributed by atoms with Crippen LogP contribution < -0.4 is 5.32 Å². The molecule has 0 fully saturated rings. The van der Waals surface area contributed by atoms with Gasteiger partial charge >= 0.3 is 12.1 Å². The first-order valence-electron chi connectivity index (χ1n) is 9.55. The summed E-state index contributed by atoms with van der Waals surface area (Å²) >= 11 is 0. The molecule has 5 nitrogen and oxygen atoms in total. The standard InChI is InChI=1S/C24H21NO4/c26-23(27)17-8-2-1-7-16(17)13-14-25-24(28)29-15-22-20-11-5-3-9-18(20)19-10-4-6-12-21(19)22/h1-12,22H,13-15H2,(H,25,28)(H,26,27). The Morgan fingerprint density at radius 1 is 0.862 bits per heavy atom. The van der Waals surface area contributed by atoms with Crippen molar-refractivity contribution in [3.05, 3.63) is 95.1 Å². The highest BCUT2D eigenvalue weighted by molar-refractivity contribution is 5.89. The van der Waals surface area contributed by atoms with E-state index in [-0.39, 0.29) is 18.1 Å². The van der Waals surface area contributed by atoms with E-state index in [2.05, 4.69) is 29.6 Å². The van der Waals surface area contributed by atoms with Crippen LogP contribution in [0.1, 0.15) is 33.0 Å². The molecule has 2 N–H and O–H groups in total. The van der Waals surface area contributed by atoms with Gasteiger partial charge in [0.05, 0.1) is 5.56 Å².